The Hall–Kier alpha value is -0.570. The van der Waals surface area contributed by atoms with E-state index in [9.17, 15) is 0 Å². The maximum Gasteiger partial charge on any atom is 0.0607 e. The van der Waals surface area contributed by atoms with Crippen molar-refractivity contribution in [1.29, 1.82) is 0 Å². The normalized spacial score (nSPS) is 30.1. The van der Waals surface area contributed by atoms with E-state index in [2.05, 4.69) is 10.1 Å². The molecule has 1 rings (SSSR count). The first kappa shape index (κ1) is 6.55. The number of hydrogen-bond acceptors (Lipinski definition) is 3. The maximum atomic E-state index is 8.19. The highest BCUT2D eigenvalue weighted by Gasteiger charge is 2.18. The highest BCUT2D eigenvalue weighted by Crippen LogP contribution is 2.11. The van der Waals surface area contributed by atoms with Crippen LogP contribution in [0.15, 0.2) is 5.16 Å². The van der Waals surface area contributed by atoms with Crippen molar-refractivity contribution >= 4 is 6.21 Å². The van der Waals surface area contributed by atoms with Gasteiger partial charge in [-0.1, -0.05) is 0 Å². The van der Waals surface area contributed by atoms with Crippen molar-refractivity contribution in [2.75, 3.05) is 13.6 Å². The minimum Gasteiger partial charge on any atom is -0.411 e. The molecule has 0 bridgehead atoms. The van der Waals surface area contributed by atoms with Gasteiger partial charge < -0.3 is 5.21 Å². The lowest BCUT2D eigenvalue weighted by Gasteiger charge is -2.12. The fourth-order valence-electron chi connectivity index (χ4n) is 1.20. The number of rotatable bonds is 1. The molecule has 0 saturated carbocycles. The SMILES string of the molecule is CN1CCCC1/C=N/O. The minimum absolute atomic E-state index is 0.370. The molecule has 9 heavy (non-hydrogen) atoms. The lowest BCUT2D eigenvalue weighted by Crippen LogP contribution is -2.25. The molecule has 0 amide bonds. The number of hydrogen-bond donors (Lipinski definition) is 1. The van der Waals surface area contributed by atoms with E-state index in [1.54, 1.807) is 6.21 Å². The monoisotopic (exact) mass is 128 g/mol. The summed E-state index contributed by atoms with van der Waals surface area (Å²) in [5.41, 5.74) is 0. The Balaban J connectivity index is 2.39. The van der Waals surface area contributed by atoms with Crippen LogP contribution in [0.25, 0.3) is 0 Å². The second-order valence-corrected chi connectivity index (χ2v) is 2.45. The maximum absolute atomic E-state index is 8.19. The van der Waals surface area contributed by atoms with E-state index in [4.69, 9.17) is 5.21 Å². The van der Waals surface area contributed by atoms with Crippen LogP contribution in [0, 0.1) is 0 Å². The summed E-state index contributed by atoms with van der Waals surface area (Å²) in [6.45, 7) is 1.12. The Morgan fingerprint density at radius 1 is 1.78 bits per heavy atom. The smallest absolute Gasteiger partial charge is 0.0607 e. The van der Waals surface area contributed by atoms with Crippen LogP contribution in [0.1, 0.15) is 12.8 Å². The molecule has 0 aromatic rings. The Morgan fingerprint density at radius 2 is 2.56 bits per heavy atom. The molecule has 0 aliphatic carbocycles. The van der Waals surface area contributed by atoms with E-state index in [-0.39, 0.29) is 0 Å². The molecule has 0 aromatic carbocycles. The molecule has 0 spiro atoms. The number of nitrogens with zero attached hydrogens (tertiary/aromatic N) is 2. The summed E-state index contributed by atoms with van der Waals surface area (Å²) < 4.78 is 0. The third-order valence-electron chi connectivity index (χ3n) is 1.82. The van der Waals surface area contributed by atoms with Crippen molar-refractivity contribution in [1.82, 2.24) is 4.90 Å². The predicted octanol–water partition coefficient (Wildman–Crippen LogP) is 0.541. The lowest BCUT2D eigenvalue weighted by molar-refractivity contribution is 0.310. The Morgan fingerprint density at radius 3 is 3.00 bits per heavy atom. The van der Waals surface area contributed by atoms with Crippen LogP contribution in [0.3, 0.4) is 0 Å². The first-order chi connectivity index (χ1) is 4.34. The molecular formula is C6H12N2O. The predicted molar refractivity (Wildman–Crippen MR) is 35.9 cm³/mol. The summed E-state index contributed by atoms with van der Waals surface area (Å²) in [6, 6.07) is 0.370. The summed E-state index contributed by atoms with van der Waals surface area (Å²) in [5.74, 6) is 0. The topological polar surface area (TPSA) is 35.8 Å². The zero-order valence-electron chi connectivity index (χ0n) is 5.62. The van der Waals surface area contributed by atoms with E-state index < -0.39 is 0 Å². The molecule has 1 aliphatic heterocycles. The number of oxime groups is 1. The average molecular weight is 128 g/mol. The van der Waals surface area contributed by atoms with Crippen molar-refractivity contribution in [2.45, 2.75) is 18.9 Å². The second-order valence-electron chi connectivity index (χ2n) is 2.45. The van der Waals surface area contributed by atoms with E-state index in [1.807, 2.05) is 7.05 Å². The molecule has 1 heterocycles. The molecule has 3 nitrogen and oxygen atoms in total. The highest BCUT2D eigenvalue weighted by molar-refractivity contribution is 5.63. The third-order valence-corrected chi connectivity index (χ3v) is 1.82. The van der Waals surface area contributed by atoms with Gasteiger partial charge in [0, 0.05) is 6.04 Å². The van der Waals surface area contributed by atoms with E-state index in [0.29, 0.717) is 6.04 Å². The van der Waals surface area contributed by atoms with Crippen LogP contribution < -0.4 is 0 Å². The minimum atomic E-state index is 0.370. The highest BCUT2D eigenvalue weighted by atomic mass is 16.4. The summed E-state index contributed by atoms with van der Waals surface area (Å²) in [5, 5.41) is 11.2. The molecule has 1 N–H and O–H groups in total. The van der Waals surface area contributed by atoms with Gasteiger partial charge >= 0.3 is 0 Å². The Kier molecular flexibility index (Phi) is 2.05. The Bertz CT molecular complexity index is 114. The second kappa shape index (κ2) is 2.82. The zero-order chi connectivity index (χ0) is 6.69. The molecule has 0 aromatic heterocycles. The standard InChI is InChI=1S/C6H12N2O/c1-8-4-2-3-6(8)5-7-9/h5-6,9H,2-4H2,1H3/b7-5+. The van der Waals surface area contributed by atoms with Crippen molar-refractivity contribution in [3.8, 4) is 0 Å². The first-order valence-electron chi connectivity index (χ1n) is 3.22. The zero-order valence-corrected chi connectivity index (χ0v) is 5.62. The third kappa shape index (κ3) is 1.42. The lowest BCUT2D eigenvalue weighted by atomic mass is 10.2. The summed E-state index contributed by atoms with van der Waals surface area (Å²) in [4.78, 5) is 2.18. The van der Waals surface area contributed by atoms with Gasteiger partial charge in [0.05, 0.1) is 6.21 Å². The van der Waals surface area contributed by atoms with Crippen LogP contribution in [0.4, 0.5) is 0 Å². The van der Waals surface area contributed by atoms with Crippen molar-refractivity contribution in [2.24, 2.45) is 5.16 Å². The van der Waals surface area contributed by atoms with Crippen LogP contribution >= 0.6 is 0 Å². The molecule has 1 unspecified atom stereocenters. The van der Waals surface area contributed by atoms with Gasteiger partial charge in [-0.15, -0.1) is 5.16 Å². The fourth-order valence-corrected chi connectivity index (χ4v) is 1.20. The van der Waals surface area contributed by atoms with Crippen LogP contribution in [-0.2, 0) is 0 Å². The van der Waals surface area contributed by atoms with Gasteiger partial charge in [-0.2, -0.15) is 0 Å². The van der Waals surface area contributed by atoms with Gasteiger partial charge in [-0.25, -0.2) is 0 Å². The van der Waals surface area contributed by atoms with Crippen molar-refractivity contribution < 1.29 is 5.21 Å². The molecule has 0 radical (unpaired) electrons. The van der Waals surface area contributed by atoms with Gasteiger partial charge in [0.15, 0.2) is 0 Å². The van der Waals surface area contributed by atoms with Gasteiger partial charge in [0.2, 0.25) is 0 Å². The average Bonchev–Trinajstić information content (AvgIpc) is 2.18. The van der Waals surface area contributed by atoms with Crippen LogP contribution in [0.5, 0.6) is 0 Å². The van der Waals surface area contributed by atoms with Gasteiger partial charge in [0.1, 0.15) is 0 Å². The summed E-state index contributed by atoms with van der Waals surface area (Å²) in [7, 11) is 2.04. The first-order valence-corrected chi connectivity index (χ1v) is 3.22. The molecule has 1 aliphatic rings. The van der Waals surface area contributed by atoms with Crippen LogP contribution in [0.2, 0.25) is 0 Å². The number of likely N-dealkylation sites (tertiary alicyclic amines) is 1. The largest absolute Gasteiger partial charge is 0.411 e. The molecular weight excluding hydrogens is 116 g/mol. The molecule has 1 fully saturated rings. The summed E-state index contributed by atoms with van der Waals surface area (Å²) >= 11 is 0. The van der Waals surface area contributed by atoms with E-state index >= 15 is 0 Å². The molecule has 52 valence electrons. The fraction of sp³-hybridized carbons (Fsp3) is 0.833. The molecule has 3 heteroatoms. The van der Waals surface area contributed by atoms with E-state index in [0.717, 1.165) is 13.0 Å². The molecule has 1 atom stereocenters. The van der Waals surface area contributed by atoms with E-state index in [1.165, 1.54) is 6.42 Å². The van der Waals surface area contributed by atoms with Crippen molar-refractivity contribution in [3.63, 3.8) is 0 Å². The Labute approximate surface area is 55.0 Å². The summed E-state index contributed by atoms with van der Waals surface area (Å²) in [6.07, 6.45) is 3.93. The van der Waals surface area contributed by atoms with Gasteiger partial charge in [-0.3, -0.25) is 4.90 Å². The van der Waals surface area contributed by atoms with Crippen LogP contribution in [-0.4, -0.2) is 36.0 Å². The quantitative estimate of drug-likeness (QED) is 0.318. The molecule has 1 saturated heterocycles. The van der Waals surface area contributed by atoms with Gasteiger partial charge in [0.25, 0.3) is 0 Å². The van der Waals surface area contributed by atoms with Crippen molar-refractivity contribution in [3.05, 3.63) is 0 Å². The van der Waals surface area contributed by atoms with Gasteiger partial charge in [-0.05, 0) is 26.4 Å².